The van der Waals surface area contributed by atoms with Crippen molar-refractivity contribution in [2.75, 3.05) is 25.1 Å². The molecule has 12 heteroatoms. The van der Waals surface area contributed by atoms with Gasteiger partial charge in [-0.25, -0.2) is 0 Å². The van der Waals surface area contributed by atoms with Crippen molar-refractivity contribution >= 4 is 34.0 Å². The van der Waals surface area contributed by atoms with Crippen LogP contribution in [0.15, 0.2) is 96.9 Å². The Hall–Kier alpha value is -6.01. The molecule has 2 aromatic carbocycles. The van der Waals surface area contributed by atoms with Gasteiger partial charge in [0.1, 0.15) is 23.5 Å². The molecule has 0 fully saturated rings. The predicted octanol–water partition coefficient (Wildman–Crippen LogP) is 7.63. The Kier molecular flexibility index (Phi) is 12.7. The Bertz CT molecular complexity index is 2380. The van der Waals surface area contributed by atoms with Crippen LogP contribution in [0.25, 0.3) is 10.8 Å². The van der Waals surface area contributed by atoms with Gasteiger partial charge in [0.25, 0.3) is 0 Å². The fraction of sp³-hybridized carbons (Fsp3) is 0.396. The zero-order valence-corrected chi connectivity index (χ0v) is 34.9. The number of carbonyl (C=O) groups is 3. The number of ether oxygens (including phenoxy) is 2. The van der Waals surface area contributed by atoms with E-state index in [0.717, 1.165) is 41.5 Å². The fourth-order valence-corrected chi connectivity index (χ4v) is 9.08. The van der Waals surface area contributed by atoms with Crippen LogP contribution >= 0.6 is 0 Å². The molecule has 1 spiro atoms. The van der Waals surface area contributed by atoms with Gasteiger partial charge in [-0.2, -0.15) is 0 Å². The lowest BCUT2D eigenvalue weighted by molar-refractivity contribution is -0.148. The number of aliphatic hydroxyl groups excluding tert-OH is 1. The average Bonchev–Trinajstić information content (AvgIpc) is 3.87. The second-order valence-corrected chi connectivity index (χ2v) is 16.5. The van der Waals surface area contributed by atoms with Gasteiger partial charge in [0, 0.05) is 74.8 Å². The van der Waals surface area contributed by atoms with Crippen LogP contribution in [0.1, 0.15) is 87.6 Å². The Morgan fingerprint density at radius 1 is 1.02 bits per heavy atom. The first kappa shape index (κ1) is 42.1. The average molecular weight is 817 g/mol. The number of H-pyrrole nitrogens is 1. The zero-order valence-electron chi connectivity index (χ0n) is 34.9. The summed E-state index contributed by atoms with van der Waals surface area (Å²) in [7, 11) is 1.39. The number of hydrogen-bond donors (Lipinski definition) is 5. The Balaban J connectivity index is 1.39. The van der Waals surface area contributed by atoms with Gasteiger partial charge in [-0.1, -0.05) is 43.4 Å². The minimum atomic E-state index is -0.714. The zero-order chi connectivity index (χ0) is 42.6. The van der Waals surface area contributed by atoms with E-state index in [1.165, 1.54) is 36.8 Å². The molecule has 0 radical (unpaired) electrons. The third kappa shape index (κ3) is 9.08. The summed E-state index contributed by atoms with van der Waals surface area (Å²) in [5.41, 5.74) is 5.31. The van der Waals surface area contributed by atoms with Crippen molar-refractivity contribution in [3.63, 3.8) is 0 Å². The number of aromatic amines is 1. The number of dihydropyridines is 1. The number of Topliss-reactive ketones (excluding diaryl/α,β-unsaturated/α-hetero) is 2. The predicted molar refractivity (Wildman–Crippen MR) is 231 cm³/mol. The molecule has 60 heavy (non-hydrogen) atoms. The van der Waals surface area contributed by atoms with Gasteiger partial charge in [-0.05, 0) is 102 Å². The molecule has 4 atom stereocenters. The highest BCUT2D eigenvalue weighted by Crippen LogP contribution is 2.44. The maximum atomic E-state index is 14.4. The van der Waals surface area contributed by atoms with E-state index in [4.69, 9.17) is 9.47 Å². The van der Waals surface area contributed by atoms with Crippen LogP contribution < -0.4 is 15.0 Å². The van der Waals surface area contributed by atoms with E-state index in [2.05, 4.69) is 71.0 Å². The third-order valence-electron chi connectivity index (χ3n) is 12.5. The Morgan fingerprint density at radius 3 is 2.57 bits per heavy atom. The molecule has 5 N–H and O–H groups in total. The molecule has 4 aromatic rings. The molecule has 4 heterocycles. The molecule has 0 saturated carbocycles. The van der Waals surface area contributed by atoms with Gasteiger partial charge in [-0.3, -0.25) is 14.4 Å². The fourth-order valence-electron chi connectivity index (χ4n) is 9.08. The van der Waals surface area contributed by atoms with Crippen molar-refractivity contribution in [1.82, 2.24) is 14.9 Å². The first-order chi connectivity index (χ1) is 28.9. The third-order valence-corrected chi connectivity index (χ3v) is 12.5. The van der Waals surface area contributed by atoms with E-state index >= 15 is 0 Å². The van der Waals surface area contributed by atoms with Crippen LogP contribution in [0, 0.1) is 11.3 Å². The highest BCUT2D eigenvalue weighted by atomic mass is 16.5. The van der Waals surface area contributed by atoms with Gasteiger partial charge in [0.05, 0.1) is 25.4 Å². The molecular formula is C48H56N4O8. The number of rotatable bonds is 7. The number of benzene rings is 2. The molecule has 4 unspecified atom stereocenters. The van der Waals surface area contributed by atoms with Gasteiger partial charge in [-0.15, -0.1) is 0 Å². The first-order valence-corrected chi connectivity index (χ1v) is 20.8. The molecular weight excluding hydrogens is 761 g/mol. The van der Waals surface area contributed by atoms with Crippen molar-refractivity contribution in [3.8, 4) is 17.2 Å². The minimum absolute atomic E-state index is 0.0294. The van der Waals surface area contributed by atoms with E-state index in [1.807, 2.05) is 29.1 Å². The number of aryl methyl sites for hydroxylation is 1. The minimum Gasteiger partial charge on any atom is -0.504 e. The van der Waals surface area contributed by atoms with E-state index in [1.54, 1.807) is 13.0 Å². The normalized spacial score (nSPS) is 22.4. The Labute approximate surface area is 350 Å². The largest absolute Gasteiger partial charge is 0.504 e. The summed E-state index contributed by atoms with van der Waals surface area (Å²) in [5.74, 6) is -0.336. The Morgan fingerprint density at radius 2 is 1.82 bits per heavy atom. The summed E-state index contributed by atoms with van der Waals surface area (Å²) in [6.07, 6.45) is 24.0. The summed E-state index contributed by atoms with van der Waals surface area (Å²) in [6, 6.07) is 6.13. The number of ketones is 2. The topological polar surface area (TPSA) is 166 Å². The van der Waals surface area contributed by atoms with E-state index in [-0.39, 0.29) is 48.1 Å². The molecule has 2 aromatic heterocycles. The number of allylic oxidation sites excluding steroid dienone is 6. The van der Waals surface area contributed by atoms with Crippen molar-refractivity contribution in [2.45, 2.75) is 90.9 Å². The van der Waals surface area contributed by atoms with Crippen LogP contribution in [0.2, 0.25) is 0 Å². The molecule has 12 nitrogen and oxygen atoms in total. The molecule has 7 rings (SSSR count). The summed E-state index contributed by atoms with van der Waals surface area (Å²) < 4.78 is 13.2. The van der Waals surface area contributed by atoms with E-state index in [0.29, 0.717) is 43.5 Å². The number of nitrogens with zero attached hydrogens (tertiary/aromatic N) is 2. The summed E-state index contributed by atoms with van der Waals surface area (Å²) in [4.78, 5) is 45.0. The van der Waals surface area contributed by atoms with Gasteiger partial charge in [0.2, 0.25) is 5.75 Å². The highest BCUT2D eigenvalue weighted by Gasteiger charge is 2.36. The summed E-state index contributed by atoms with van der Waals surface area (Å²) in [6.45, 7) is 5.92. The molecule has 0 saturated heterocycles. The number of carbonyl (C=O) groups excluding carboxylic acids is 3. The number of aliphatic hydroxyl groups is 1. The second-order valence-electron chi connectivity index (χ2n) is 16.5. The van der Waals surface area contributed by atoms with Gasteiger partial charge in [0.15, 0.2) is 11.5 Å². The maximum absolute atomic E-state index is 14.4. The lowest BCUT2D eigenvalue weighted by atomic mass is 9.66. The standard InChI is InChI=1S/C48H56N4O8/c1-30-7-5-6-15-48(30)16-12-39(60-32(3)55)22-38(56)23-43(36-20-44(57)47(58)45(21-36)59-4)51-27-40-35(29-53)10-11-42(41(40)28-51)52(18-14-31(2)54)46-19-33(13-17-50-46)8-9-34-25-49-26-37(34)24-48/h5-7,10-11,13,15,19-21,25-28,30,39,43,49-50,53,57-58H,8-9,12,14,16-18,22-24,29H2,1-4H3. The highest BCUT2D eigenvalue weighted by molar-refractivity contribution is 5.97. The number of hydrogen-bond acceptors (Lipinski definition) is 10. The van der Waals surface area contributed by atoms with Crippen molar-refractivity contribution in [2.24, 2.45) is 11.3 Å². The molecule has 3 aliphatic rings. The number of aromatic hydroxyl groups is 2. The van der Waals surface area contributed by atoms with Gasteiger partial charge < -0.3 is 44.6 Å². The van der Waals surface area contributed by atoms with Crippen molar-refractivity contribution in [1.29, 1.82) is 0 Å². The van der Waals surface area contributed by atoms with Crippen molar-refractivity contribution in [3.05, 3.63) is 119 Å². The number of fused-ring (bicyclic) bond motifs is 3. The quantitative estimate of drug-likeness (QED) is 0.0925. The number of esters is 1. The lowest BCUT2D eigenvalue weighted by Gasteiger charge is -2.38. The molecule has 2 aliphatic heterocycles. The molecule has 316 valence electrons. The number of methoxy groups -OCH3 is 1. The van der Waals surface area contributed by atoms with Gasteiger partial charge >= 0.3 is 5.97 Å². The monoisotopic (exact) mass is 816 g/mol. The second kappa shape index (κ2) is 18.1. The number of nitrogens with one attached hydrogen (secondary N) is 2. The molecule has 1 aliphatic carbocycles. The smallest absolute Gasteiger partial charge is 0.302 e. The number of phenolic OH excluding ortho intramolecular Hbond substituents is 2. The van der Waals surface area contributed by atoms with Crippen LogP contribution in [0.3, 0.4) is 0 Å². The molecule has 0 amide bonds. The number of anilines is 1. The maximum Gasteiger partial charge on any atom is 0.302 e. The number of phenols is 2. The summed E-state index contributed by atoms with van der Waals surface area (Å²) >= 11 is 0. The number of aromatic nitrogens is 2. The van der Waals surface area contributed by atoms with Crippen LogP contribution in [0.5, 0.6) is 17.2 Å². The van der Waals surface area contributed by atoms with E-state index in [9.17, 15) is 29.7 Å². The van der Waals surface area contributed by atoms with Crippen molar-refractivity contribution < 1.29 is 39.2 Å². The van der Waals surface area contributed by atoms with Crippen LogP contribution in [-0.2, 0) is 38.6 Å². The van der Waals surface area contributed by atoms with Crippen LogP contribution in [-0.4, -0.2) is 68.7 Å². The SMILES string of the molecule is COc1cc(C2CC(=O)CC(OC(C)=O)CCC3(C=CC=CC3C)Cc3c[nH]cc3CCC3=CCNC(=C3)N(CCC(C)=O)c3ccc(CO)c4cn2cc34)cc(O)c1O. The molecule has 4 bridgehead atoms. The first-order valence-electron chi connectivity index (χ1n) is 20.8. The van der Waals surface area contributed by atoms with E-state index < -0.39 is 29.6 Å². The summed E-state index contributed by atoms with van der Waals surface area (Å²) in [5, 5.41) is 37.1. The van der Waals surface area contributed by atoms with Crippen LogP contribution in [0.4, 0.5) is 5.69 Å². The lowest BCUT2D eigenvalue weighted by Crippen LogP contribution is -2.35.